The maximum atomic E-state index is 5.44. The molecule has 0 bridgehead atoms. The summed E-state index contributed by atoms with van der Waals surface area (Å²) in [5.41, 5.74) is 9.46. The fraction of sp³-hybridized carbons (Fsp3) is 0.500. The second kappa shape index (κ2) is 6.61. The third-order valence-corrected chi connectivity index (χ3v) is 5.08. The maximum absolute atomic E-state index is 5.44. The summed E-state index contributed by atoms with van der Waals surface area (Å²) in [6.45, 7) is 1.14. The van der Waals surface area contributed by atoms with Crippen LogP contribution in [0.1, 0.15) is 46.5 Å². The standard InChI is InChI=1S/C20H24N2O2/c1-23-11-15-9-13-5-3-7-17(13)21-19(15)20-16(12-24-2)10-14-6-4-8-18(14)22-20/h9-10H,3-8,11-12H2,1-2H3. The molecule has 0 aromatic carbocycles. The van der Waals surface area contributed by atoms with E-state index in [2.05, 4.69) is 12.1 Å². The molecule has 2 aromatic rings. The number of hydrogen-bond acceptors (Lipinski definition) is 4. The summed E-state index contributed by atoms with van der Waals surface area (Å²) in [6.07, 6.45) is 6.78. The van der Waals surface area contributed by atoms with Crippen molar-refractivity contribution in [2.75, 3.05) is 14.2 Å². The normalized spacial score (nSPS) is 15.6. The molecule has 0 saturated carbocycles. The van der Waals surface area contributed by atoms with Crippen LogP contribution in [-0.4, -0.2) is 24.2 Å². The summed E-state index contributed by atoms with van der Waals surface area (Å²) in [7, 11) is 3.48. The van der Waals surface area contributed by atoms with E-state index in [1.54, 1.807) is 14.2 Å². The molecule has 0 amide bonds. The molecule has 0 unspecified atom stereocenters. The van der Waals surface area contributed by atoms with Crippen LogP contribution in [0.2, 0.25) is 0 Å². The van der Waals surface area contributed by atoms with Gasteiger partial charge in [0.1, 0.15) is 0 Å². The van der Waals surface area contributed by atoms with Crippen molar-refractivity contribution in [1.29, 1.82) is 0 Å². The summed E-state index contributed by atoms with van der Waals surface area (Å²) in [6, 6.07) is 4.55. The van der Waals surface area contributed by atoms with E-state index in [-0.39, 0.29) is 0 Å². The third-order valence-electron chi connectivity index (χ3n) is 5.08. The largest absolute Gasteiger partial charge is 0.380 e. The summed E-state index contributed by atoms with van der Waals surface area (Å²) in [4.78, 5) is 10.0. The first-order valence-corrected chi connectivity index (χ1v) is 8.81. The zero-order chi connectivity index (χ0) is 16.5. The number of fused-ring (bicyclic) bond motifs is 2. The van der Waals surface area contributed by atoms with E-state index in [4.69, 9.17) is 19.4 Å². The van der Waals surface area contributed by atoms with Gasteiger partial charge in [-0.05, 0) is 61.8 Å². The quantitative estimate of drug-likeness (QED) is 0.845. The topological polar surface area (TPSA) is 44.2 Å². The van der Waals surface area contributed by atoms with E-state index in [9.17, 15) is 0 Å². The highest BCUT2D eigenvalue weighted by molar-refractivity contribution is 5.65. The number of rotatable bonds is 5. The molecule has 24 heavy (non-hydrogen) atoms. The average Bonchev–Trinajstić information content (AvgIpc) is 3.22. The van der Waals surface area contributed by atoms with Gasteiger partial charge in [-0.3, -0.25) is 9.97 Å². The van der Waals surface area contributed by atoms with E-state index in [0.29, 0.717) is 13.2 Å². The number of nitrogens with zero attached hydrogens (tertiary/aromatic N) is 2. The van der Waals surface area contributed by atoms with Crippen LogP contribution >= 0.6 is 0 Å². The Balaban J connectivity index is 1.88. The summed E-state index contributed by atoms with van der Waals surface area (Å²) < 4.78 is 10.9. The monoisotopic (exact) mass is 324 g/mol. The molecule has 4 nitrogen and oxygen atoms in total. The number of hydrogen-bond donors (Lipinski definition) is 0. The molecular weight excluding hydrogens is 300 g/mol. The van der Waals surface area contributed by atoms with Crippen molar-refractivity contribution < 1.29 is 9.47 Å². The second-order valence-electron chi connectivity index (χ2n) is 6.78. The van der Waals surface area contributed by atoms with Crippen LogP contribution in [0, 0.1) is 0 Å². The summed E-state index contributed by atoms with van der Waals surface area (Å²) in [5, 5.41) is 0. The van der Waals surface area contributed by atoms with Gasteiger partial charge in [-0.2, -0.15) is 0 Å². The lowest BCUT2D eigenvalue weighted by atomic mass is 10.0. The van der Waals surface area contributed by atoms with Crippen molar-refractivity contribution in [3.05, 3.63) is 45.8 Å². The third kappa shape index (κ3) is 2.74. The predicted octanol–water partition coefficient (Wildman–Crippen LogP) is 3.41. The van der Waals surface area contributed by atoms with E-state index in [1.165, 1.54) is 35.4 Å². The highest BCUT2D eigenvalue weighted by atomic mass is 16.5. The Kier molecular flexibility index (Phi) is 4.33. The van der Waals surface area contributed by atoms with E-state index in [1.807, 2.05) is 0 Å². The average molecular weight is 324 g/mol. The maximum Gasteiger partial charge on any atom is 0.0948 e. The van der Waals surface area contributed by atoms with Gasteiger partial charge in [-0.15, -0.1) is 0 Å². The number of pyridine rings is 2. The van der Waals surface area contributed by atoms with Crippen molar-refractivity contribution in [1.82, 2.24) is 9.97 Å². The smallest absolute Gasteiger partial charge is 0.0948 e. The lowest BCUT2D eigenvalue weighted by molar-refractivity contribution is 0.183. The fourth-order valence-corrected chi connectivity index (χ4v) is 3.98. The minimum atomic E-state index is 0.570. The van der Waals surface area contributed by atoms with Gasteiger partial charge < -0.3 is 9.47 Å². The van der Waals surface area contributed by atoms with Crippen LogP contribution in [0.5, 0.6) is 0 Å². The number of aryl methyl sites for hydroxylation is 4. The number of methoxy groups -OCH3 is 2. The lowest BCUT2D eigenvalue weighted by Crippen LogP contribution is -2.06. The molecular formula is C20H24N2O2. The van der Waals surface area contributed by atoms with E-state index in [0.717, 1.165) is 48.2 Å². The summed E-state index contributed by atoms with van der Waals surface area (Å²) >= 11 is 0. The highest BCUT2D eigenvalue weighted by Gasteiger charge is 2.22. The van der Waals surface area contributed by atoms with E-state index >= 15 is 0 Å². The van der Waals surface area contributed by atoms with Crippen molar-refractivity contribution in [2.24, 2.45) is 0 Å². The Morgan fingerprint density at radius 2 is 1.21 bits per heavy atom. The zero-order valence-electron chi connectivity index (χ0n) is 14.5. The lowest BCUT2D eigenvalue weighted by Gasteiger charge is -2.15. The van der Waals surface area contributed by atoms with Gasteiger partial charge in [0.05, 0.1) is 24.6 Å². The molecule has 126 valence electrons. The first-order chi connectivity index (χ1) is 11.8. The predicted molar refractivity (Wildman–Crippen MR) is 92.9 cm³/mol. The Hall–Kier alpha value is -1.78. The molecule has 0 atom stereocenters. The van der Waals surface area contributed by atoms with Crippen molar-refractivity contribution in [3.63, 3.8) is 0 Å². The fourth-order valence-electron chi connectivity index (χ4n) is 3.98. The minimum absolute atomic E-state index is 0.570. The molecule has 4 rings (SSSR count). The first-order valence-electron chi connectivity index (χ1n) is 8.81. The van der Waals surface area contributed by atoms with Crippen molar-refractivity contribution in [3.8, 4) is 11.4 Å². The second-order valence-corrected chi connectivity index (χ2v) is 6.78. The van der Waals surface area contributed by atoms with Gasteiger partial charge in [-0.25, -0.2) is 0 Å². The molecule has 4 heteroatoms. The molecule has 0 fully saturated rings. The van der Waals surface area contributed by atoms with E-state index < -0.39 is 0 Å². The Morgan fingerprint density at radius 1 is 0.750 bits per heavy atom. The van der Waals surface area contributed by atoms with Gasteiger partial charge in [0.2, 0.25) is 0 Å². The Labute approximate surface area is 143 Å². The van der Waals surface area contributed by atoms with Crippen LogP contribution in [0.4, 0.5) is 0 Å². The molecule has 0 spiro atoms. The van der Waals surface area contributed by atoms with Gasteiger partial charge in [0.15, 0.2) is 0 Å². The van der Waals surface area contributed by atoms with Crippen molar-refractivity contribution in [2.45, 2.75) is 51.7 Å². The molecule has 2 aromatic heterocycles. The number of ether oxygens (including phenoxy) is 2. The Morgan fingerprint density at radius 3 is 1.62 bits per heavy atom. The number of aromatic nitrogens is 2. The van der Waals surface area contributed by atoms with Crippen LogP contribution in [0.15, 0.2) is 12.1 Å². The van der Waals surface area contributed by atoms with Gasteiger partial charge in [0, 0.05) is 36.7 Å². The molecule has 0 saturated heterocycles. The molecule has 0 aliphatic heterocycles. The summed E-state index contributed by atoms with van der Waals surface area (Å²) in [5.74, 6) is 0. The van der Waals surface area contributed by atoms with Crippen LogP contribution in [-0.2, 0) is 48.4 Å². The van der Waals surface area contributed by atoms with Crippen molar-refractivity contribution >= 4 is 0 Å². The van der Waals surface area contributed by atoms with Crippen LogP contribution in [0.3, 0.4) is 0 Å². The molecule has 2 aliphatic rings. The highest BCUT2D eigenvalue weighted by Crippen LogP contribution is 2.33. The SMILES string of the molecule is COCc1cc2c(nc1-c1nc3c(cc1COC)CCC3)CCC2. The van der Waals surface area contributed by atoms with Gasteiger partial charge in [0.25, 0.3) is 0 Å². The minimum Gasteiger partial charge on any atom is -0.380 e. The molecule has 0 N–H and O–H groups in total. The first kappa shape index (κ1) is 15.7. The molecule has 0 radical (unpaired) electrons. The Bertz CT molecular complexity index is 705. The van der Waals surface area contributed by atoms with Gasteiger partial charge >= 0.3 is 0 Å². The van der Waals surface area contributed by atoms with Crippen LogP contribution in [0.25, 0.3) is 11.4 Å². The zero-order valence-corrected chi connectivity index (χ0v) is 14.5. The molecule has 2 aliphatic carbocycles. The van der Waals surface area contributed by atoms with Crippen LogP contribution < -0.4 is 0 Å². The molecule has 2 heterocycles. The van der Waals surface area contributed by atoms with Gasteiger partial charge in [-0.1, -0.05) is 0 Å².